The molecule has 0 bridgehead atoms. The molecule has 0 amide bonds. The largest absolute Gasteiger partial charge is 0.368 e. The second-order valence-electron chi connectivity index (χ2n) is 6.80. The number of fused-ring (bicyclic) bond motifs is 1. The summed E-state index contributed by atoms with van der Waals surface area (Å²) in [5.74, 6) is 1.95. The number of nitrogens with zero attached hydrogens (tertiary/aromatic N) is 1. The Morgan fingerprint density at radius 3 is 2.65 bits per heavy atom. The van der Waals surface area contributed by atoms with E-state index in [1.807, 2.05) is 12.1 Å². The van der Waals surface area contributed by atoms with Gasteiger partial charge in [0.25, 0.3) is 0 Å². The summed E-state index contributed by atoms with van der Waals surface area (Å²) >= 11 is 6.03. The van der Waals surface area contributed by atoms with Gasteiger partial charge >= 0.3 is 0 Å². The average molecular weight is 328 g/mol. The first-order chi connectivity index (χ1) is 11.2. The van der Waals surface area contributed by atoms with Crippen molar-refractivity contribution in [2.24, 2.45) is 5.92 Å². The molecule has 1 saturated carbocycles. The van der Waals surface area contributed by atoms with Crippen LogP contribution >= 0.6 is 11.6 Å². The maximum absolute atomic E-state index is 8.57. The second kappa shape index (κ2) is 5.72. The Morgan fingerprint density at radius 2 is 2.00 bits per heavy atom. The van der Waals surface area contributed by atoms with E-state index in [2.05, 4.69) is 35.1 Å². The summed E-state index contributed by atoms with van der Waals surface area (Å²) < 4.78 is 2.34. The summed E-state index contributed by atoms with van der Waals surface area (Å²) in [6.45, 7) is 3.25. The van der Waals surface area contributed by atoms with Crippen molar-refractivity contribution in [2.75, 3.05) is 5.32 Å². The Balaban J connectivity index is 1.81. The van der Waals surface area contributed by atoms with Gasteiger partial charge in [-0.1, -0.05) is 30.7 Å². The van der Waals surface area contributed by atoms with E-state index in [4.69, 9.17) is 17.0 Å². The van der Waals surface area contributed by atoms with Crippen LogP contribution in [0.5, 0.6) is 0 Å². The van der Waals surface area contributed by atoms with Gasteiger partial charge < -0.3 is 15.3 Å². The standard InChI is InChI=1S/C19H22ClN3/c1-2-15-9-17(21)18-16(13-5-7-14(20)8-6-13)11-23(19(18)22-15)10-12-3-4-12/h5-8,11-12,15,21-22H,2-4,9-10H2,1H3. The van der Waals surface area contributed by atoms with Crippen LogP contribution in [0.15, 0.2) is 30.5 Å². The van der Waals surface area contributed by atoms with Gasteiger partial charge in [0, 0.05) is 47.1 Å². The van der Waals surface area contributed by atoms with Crippen LogP contribution in [-0.4, -0.2) is 16.3 Å². The van der Waals surface area contributed by atoms with Crippen LogP contribution in [0.1, 0.15) is 38.2 Å². The number of hydrogen-bond donors (Lipinski definition) is 2. The molecule has 0 spiro atoms. The normalized spacial score (nSPS) is 20.3. The highest BCUT2D eigenvalue weighted by atomic mass is 35.5. The number of hydrogen-bond acceptors (Lipinski definition) is 2. The van der Waals surface area contributed by atoms with Crippen LogP contribution in [0, 0.1) is 11.3 Å². The summed E-state index contributed by atoms with van der Waals surface area (Å²) in [6, 6.07) is 8.34. The number of nitrogens with one attached hydrogen (secondary N) is 2. The highest BCUT2D eigenvalue weighted by molar-refractivity contribution is 6.30. The molecule has 2 N–H and O–H groups in total. The van der Waals surface area contributed by atoms with Gasteiger partial charge in [-0.05, 0) is 42.9 Å². The molecular weight excluding hydrogens is 306 g/mol. The summed E-state index contributed by atoms with van der Waals surface area (Å²) in [6.07, 6.45) is 6.74. The molecule has 1 unspecified atom stereocenters. The molecule has 1 aliphatic heterocycles. The average Bonchev–Trinajstić information content (AvgIpc) is 3.29. The number of anilines is 1. The van der Waals surface area contributed by atoms with E-state index >= 15 is 0 Å². The van der Waals surface area contributed by atoms with E-state index in [0.717, 1.165) is 58.5 Å². The van der Waals surface area contributed by atoms with E-state index < -0.39 is 0 Å². The summed E-state index contributed by atoms with van der Waals surface area (Å²) in [7, 11) is 0. The quantitative estimate of drug-likeness (QED) is 0.798. The molecule has 1 aromatic carbocycles. The smallest absolute Gasteiger partial charge is 0.116 e. The van der Waals surface area contributed by atoms with Crippen LogP contribution in [0.2, 0.25) is 5.02 Å². The predicted octanol–water partition coefficient (Wildman–Crippen LogP) is 5.18. The van der Waals surface area contributed by atoms with E-state index in [9.17, 15) is 0 Å². The maximum Gasteiger partial charge on any atom is 0.116 e. The van der Waals surface area contributed by atoms with E-state index in [0.29, 0.717) is 6.04 Å². The zero-order valence-electron chi connectivity index (χ0n) is 13.4. The zero-order chi connectivity index (χ0) is 16.0. The van der Waals surface area contributed by atoms with Gasteiger partial charge in [0.05, 0.1) is 0 Å². The third-order valence-corrected chi connectivity index (χ3v) is 5.22. The number of rotatable bonds is 4. The lowest BCUT2D eigenvalue weighted by Crippen LogP contribution is -2.30. The van der Waals surface area contributed by atoms with Crippen molar-refractivity contribution in [3.05, 3.63) is 41.0 Å². The first kappa shape index (κ1) is 14.8. The molecule has 2 heterocycles. The fourth-order valence-corrected chi connectivity index (χ4v) is 3.55. The minimum Gasteiger partial charge on any atom is -0.368 e. The monoisotopic (exact) mass is 327 g/mol. The van der Waals surface area contributed by atoms with Gasteiger partial charge in [-0.3, -0.25) is 0 Å². The Bertz CT molecular complexity index is 741. The SMILES string of the molecule is CCC1CC(=N)c2c(-c3ccc(Cl)cc3)cn(CC3CC3)c2N1. The van der Waals surface area contributed by atoms with Crippen molar-refractivity contribution in [3.8, 4) is 11.1 Å². The Labute approximate surface area is 142 Å². The fraction of sp³-hybridized carbons (Fsp3) is 0.421. The van der Waals surface area contributed by atoms with Gasteiger partial charge in [-0.15, -0.1) is 0 Å². The molecule has 0 radical (unpaired) electrons. The third kappa shape index (κ3) is 2.78. The molecule has 4 rings (SSSR count). The zero-order valence-corrected chi connectivity index (χ0v) is 14.2. The lowest BCUT2D eigenvalue weighted by Gasteiger charge is -2.27. The first-order valence-corrected chi connectivity index (χ1v) is 8.87. The maximum atomic E-state index is 8.57. The molecule has 1 aromatic heterocycles. The lowest BCUT2D eigenvalue weighted by molar-refractivity contribution is 0.618. The second-order valence-corrected chi connectivity index (χ2v) is 7.24. The molecular formula is C19H22ClN3. The molecule has 1 fully saturated rings. The molecule has 0 saturated heterocycles. The lowest BCUT2D eigenvalue weighted by atomic mass is 9.93. The molecule has 2 aromatic rings. The van der Waals surface area contributed by atoms with Crippen LogP contribution in [0.4, 0.5) is 5.82 Å². The highest BCUT2D eigenvalue weighted by Gasteiger charge is 2.30. The third-order valence-electron chi connectivity index (χ3n) is 4.97. The van der Waals surface area contributed by atoms with Crippen molar-refractivity contribution in [2.45, 2.75) is 45.2 Å². The number of benzene rings is 1. The minimum absolute atomic E-state index is 0.376. The Hall–Kier alpha value is -1.74. The van der Waals surface area contributed by atoms with E-state index in [-0.39, 0.29) is 0 Å². The topological polar surface area (TPSA) is 40.8 Å². The molecule has 4 heteroatoms. The Kier molecular flexibility index (Phi) is 3.68. The highest BCUT2D eigenvalue weighted by Crippen LogP contribution is 2.39. The van der Waals surface area contributed by atoms with Crippen molar-refractivity contribution < 1.29 is 0 Å². The fourth-order valence-electron chi connectivity index (χ4n) is 3.43. The first-order valence-electron chi connectivity index (χ1n) is 8.49. The predicted molar refractivity (Wildman–Crippen MR) is 96.7 cm³/mol. The molecule has 120 valence electrons. The van der Waals surface area contributed by atoms with Gasteiger partial charge in [-0.25, -0.2) is 0 Å². The van der Waals surface area contributed by atoms with Crippen molar-refractivity contribution in [3.63, 3.8) is 0 Å². The van der Waals surface area contributed by atoms with Gasteiger partial charge in [0.1, 0.15) is 5.82 Å². The molecule has 3 nitrogen and oxygen atoms in total. The summed E-state index contributed by atoms with van der Waals surface area (Å²) in [4.78, 5) is 0. The molecule has 1 aliphatic carbocycles. The van der Waals surface area contributed by atoms with E-state index in [1.54, 1.807) is 0 Å². The van der Waals surface area contributed by atoms with E-state index in [1.165, 1.54) is 12.8 Å². The van der Waals surface area contributed by atoms with Crippen molar-refractivity contribution in [1.82, 2.24) is 4.57 Å². The van der Waals surface area contributed by atoms with Gasteiger partial charge in [-0.2, -0.15) is 0 Å². The number of aromatic nitrogens is 1. The van der Waals surface area contributed by atoms with Crippen LogP contribution < -0.4 is 5.32 Å². The number of halogens is 1. The molecule has 23 heavy (non-hydrogen) atoms. The molecule has 1 atom stereocenters. The molecule has 2 aliphatic rings. The Morgan fingerprint density at radius 1 is 1.26 bits per heavy atom. The summed E-state index contributed by atoms with van der Waals surface area (Å²) in [5, 5.41) is 13.0. The van der Waals surface area contributed by atoms with Crippen LogP contribution in [-0.2, 0) is 6.54 Å². The van der Waals surface area contributed by atoms with Crippen LogP contribution in [0.3, 0.4) is 0 Å². The van der Waals surface area contributed by atoms with Gasteiger partial charge in [0.2, 0.25) is 0 Å². The minimum atomic E-state index is 0.376. The van der Waals surface area contributed by atoms with Gasteiger partial charge in [0.15, 0.2) is 0 Å². The summed E-state index contributed by atoms with van der Waals surface area (Å²) in [5.41, 5.74) is 4.13. The van der Waals surface area contributed by atoms with Crippen molar-refractivity contribution in [1.29, 1.82) is 5.41 Å². The van der Waals surface area contributed by atoms with Crippen LogP contribution in [0.25, 0.3) is 11.1 Å². The van der Waals surface area contributed by atoms with Crippen molar-refractivity contribution >= 4 is 23.1 Å².